The van der Waals surface area contributed by atoms with Gasteiger partial charge in [0.1, 0.15) is 11.9 Å². The molecular formula is C26H31N5O. The normalized spacial score (nSPS) is 17.3. The number of rotatable bonds is 5. The van der Waals surface area contributed by atoms with E-state index in [4.69, 9.17) is 0 Å². The molecule has 6 nitrogen and oxygen atoms in total. The number of aryl methyl sites for hydroxylation is 1. The van der Waals surface area contributed by atoms with E-state index >= 15 is 0 Å². The summed E-state index contributed by atoms with van der Waals surface area (Å²) >= 11 is 0. The second kappa shape index (κ2) is 9.55. The van der Waals surface area contributed by atoms with Gasteiger partial charge in [0.15, 0.2) is 5.82 Å². The number of aromatic nitrogens is 3. The average Bonchev–Trinajstić information content (AvgIpc) is 3.11. The highest BCUT2D eigenvalue weighted by Crippen LogP contribution is 2.28. The Hall–Kier alpha value is -3.15. The fraction of sp³-hybridized carbons (Fsp3) is 0.423. The number of nitrogens with one attached hydrogen (secondary N) is 1. The summed E-state index contributed by atoms with van der Waals surface area (Å²) in [5.74, 6) is 2.15. The van der Waals surface area contributed by atoms with Crippen LogP contribution in [0.3, 0.4) is 0 Å². The first-order chi connectivity index (χ1) is 15.8. The zero-order chi connectivity index (χ0) is 21.8. The van der Waals surface area contributed by atoms with Gasteiger partial charge in [0.25, 0.3) is 0 Å². The average molecular weight is 430 g/mol. The maximum atomic E-state index is 13.5. The minimum atomic E-state index is -0.403. The molecule has 1 N–H and O–H groups in total. The smallest absolute Gasteiger partial charge is 0.249 e. The number of hydrogen-bond acceptors (Lipinski definition) is 4. The molecule has 0 saturated carbocycles. The number of benzene rings is 2. The van der Waals surface area contributed by atoms with Crippen molar-refractivity contribution in [2.24, 2.45) is 0 Å². The van der Waals surface area contributed by atoms with Gasteiger partial charge >= 0.3 is 0 Å². The van der Waals surface area contributed by atoms with E-state index in [-0.39, 0.29) is 5.91 Å². The molecule has 0 aliphatic carbocycles. The summed E-state index contributed by atoms with van der Waals surface area (Å²) in [6, 6.07) is 17.9. The van der Waals surface area contributed by atoms with E-state index in [1.54, 1.807) is 0 Å². The highest BCUT2D eigenvalue weighted by Gasteiger charge is 2.27. The molecule has 5 rings (SSSR count). The molecular weight excluding hydrogens is 398 g/mol. The molecule has 2 aliphatic heterocycles. The Morgan fingerprint density at radius 3 is 2.47 bits per heavy atom. The summed E-state index contributed by atoms with van der Waals surface area (Å²) < 4.78 is 2.26. The van der Waals surface area contributed by atoms with Gasteiger partial charge in [0.2, 0.25) is 5.91 Å². The monoisotopic (exact) mass is 429 g/mol. The molecule has 2 aliphatic rings. The molecule has 1 aromatic heterocycles. The van der Waals surface area contributed by atoms with Crippen LogP contribution in [0.15, 0.2) is 54.6 Å². The summed E-state index contributed by atoms with van der Waals surface area (Å²) in [5.41, 5.74) is 2.95. The van der Waals surface area contributed by atoms with Crippen molar-refractivity contribution in [2.45, 2.75) is 57.5 Å². The maximum absolute atomic E-state index is 13.5. The fourth-order valence-corrected chi connectivity index (χ4v) is 4.84. The van der Waals surface area contributed by atoms with Crippen LogP contribution in [-0.4, -0.2) is 38.7 Å². The van der Waals surface area contributed by atoms with E-state index in [9.17, 15) is 4.79 Å². The molecule has 0 bridgehead atoms. The summed E-state index contributed by atoms with van der Waals surface area (Å²) in [5, 5.41) is 12.5. The van der Waals surface area contributed by atoms with Crippen LogP contribution in [0.2, 0.25) is 0 Å². The Morgan fingerprint density at radius 2 is 1.62 bits per heavy atom. The minimum Gasteiger partial charge on any atom is -0.370 e. The number of nitrogens with zero attached hydrogens (tertiary/aromatic N) is 4. The summed E-state index contributed by atoms with van der Waals surface area (Å²) in [6.07, 6.45) is 7.94. The van der Waals surface area contributed by atoms with Crippen LogP contribution in [-0.2, 0) is 17.8 Å². The zero-order valence-corrected chi connectivity index (χ0v) is 18.5. The van der Waals surface area contributed by atoms with Crippen LogP contribution in [0.4, 0.5) is 5.69 Å². The Balaban J connectivity index is 1.43. The first-order valence-electron chi connectivity index (χ1n) is 11.9. The molecule has 32 heavy (non-hydrogen) atoms. The SMILES string of the molecule is O=C([C@H](Nc1cccc(-c2nnc3n2CCCCC3)c1)c1ccccc1)N1CCCCC1. The third-order valence-corrected chi connectivity index (χ3v) is 6.59. The van der Waals surface area contributed by atoms with E-state index < -0.39 is 6.04 Å². The first kappa shape index (κ1) is 20.7. The molecule has 3 heterocycles. The third kappa shape index (κ3) is 4.40. The van der Waals surface area contributed by atoms with Crippen molar-refractivity contribution in [3.8, 4) is 11.4 Å². The van der Waals surface area contributed by atoms with Gasteiger partial charge in [-0.25, -0.2) is 0 Å². The number of carbonyl (C=O) groups is 1. The zero-order valence-electron chi connectivity index (χ0n) is 18.5. The van der Waals surface area contributed by atoms with Crippen LogP contribution < -0.4 is 5.32 Å². The molecule has 6 heteroatoms. The number of amides is 1. The largest absolute Gasteiger partial charge is 0.370 e. The second-order valence-electron chi connectivity index (χ2n) is 8.86. The van der Waals surface area contributed by atoms with Crippen molar-refractivity contribution in [1.29, 1.82) is 0 Å². The number of fused-ring (bicyclic) bond motifs is 1. The lowest BCUT2D eigenvalue weighted by molar-refractivity contribution is -0.133. The maximum Gasteiger partial charge on any atom is 0.249 e. The summed E-state index contributed by atoms with van der Waals surface area (Å²) in [4.78, 5) is 15.5. The van der Waals surface area contributed by atoms with Crippen molar-refractivity contribution < 1.29 is 4.79 Å². The summed E-state index contributed by atoms with van der Waals surface area (Å²) in [7, 11) is 0. The quantitative estimate of drug-likeness (QED) is 0.631. The van der Waals surface area contributed by atoms with E-state index in [1.165, 1.54) is 19.3 Å². The standard InChI is InChI=1S/C26H31N5O/c32-26(30-16-7-3-8-17-30)24(20-11-4-1-5-12-20)27-22-14-10-13-21(19-22)25-29-28-23-15-6-2-9-18-31(23)25/h1,4-5,10-14,19,24,27H,2-3,6-9,15-18H2/t24-/m1/s1. The van der Waals surface area contributed by atoms with Gasteiger partial charge in [-0.1, -0.05) is 48.9 Å². The molecule has 2 aromatic carbocycles. The van der Waals surface area contributed by atoms with Crippen LogP contribution in [0.1, 0.15) is 56.0 Å². The lowest BCUT2D eigenvalue weighted by Gasteiger charge is -2.31. The van der Waals surface area contributed by atoms with Gasteiger partial charge in [-0.05, 0) is 49.8 Å². The van der Waals surface area contributed by atoms with Gasteiger partial charge in [0.05, 0.1) is 0 Å². The van der Waals surface area contributed by atoms with Gasteiger partial charge in [-0.15, -0.1) is 10.2 Å². The molecule has 1 atom stereocenters. The molecule has 3 aromatic rings. The number of piperidine rings is 1. The molecule has 1 amide bonds. The van der Waals surface area contributed by atoms with Crippen molar-refractivity contribution in [2.75, 3.05) is 18.4 Å². The van der Waals surface area contributed by atoms with Gasteiger partial charge in [-0.3, -0.25) is 4.79 Å². The Labute approximate surface area is 189 Å². The number of likely N-dealkylation sites (tertiary alicyclic amines) is 1. The minimum absolute atomic E-state index is 0.151. The third-order valence-electron chi connectivity index (χ3n) is 6.59. The Bertz CT molecular complexity index is 1060. The predicted molar refractivity (Wildman–Crippen MR) is 126 cm³/mol. The van der Waals surface area contributed by atoms with Crippen LogP contribution >= 0.6 is 0 Å². The number of hydrogen-bond donors (Lipinski definition) is 1. The van der Waals surface area contributed by atoms with Crippen molar-refractivity contribution in [3.63, 3.8) is 0 Å². The van der Waals surface area contributed by atoms with Crippen molar-refractivity contribution in [3.05, 3.63) is 66.0 Å². The topological polar surface area (TPSA) is 63.1 Å². The van der Waals surface area contributed by atoms with E-state index in [0.717, 1.165) is 73.8 Å². The van der Waals surface area contributed by atoms with Gasteiger partial charge in [-0.2, -0.15) is 0 Å². The molecule has 0 unspecified atom stereocenters. The van der Waals surface area contributed by atoms with Gasteiger partial charge < -0.3 is 14.8 Å². The van der Waals surface area contributed by atoms with Crippen LogP contribution in [0.5, 0.6) is 0 Å². The highest BCUT2D eigenvalue weighted by molar-refractivity contribution is 5.86. The van der Waals surface area contributed by atoms with E-state index in [1.807, 2.05) is 47.4 Å². The molecule has 1 saturated heterocycles. The second-order valence-corrected chi connectivity index (χ2v) is 8.86. The van der Waals surface area contributed by atoms with E-state index in [2.05, 4.69) is 32.2 Å². The van der Waals surface area contributed by atoms with Gasteiger partial charge in [0, 0.05) is 37.3 Å². The molecule has 0 radical (unpaired) electrons. The molecule has 0 spiro atoms. The summed E-state index contributed by atoms with van der Waals surface area (Å²) in [6.45, 7) is 2.65. The lowest BCUT2D eigenvalue weighted by atomic mass is 10.0. The number of anilines is 1. The Morgan fingerprint density at radius 1 is 0.844 bits per heavy atom. The fourth-order valence-electron chi connectivity index (χ4n) is 4.84. The van der Waals surface area contributed by atoms with Crippen molar-refractivity contribution in [1.82, 2.24) is 19.7 Å². The number of carbonyl (C=O) groups excluding carboxylic acids is 1. The predicted octanol–water partition coefficient (Wildman–Crippen LogP) is 4.84. The molecule has 1 fully saturated rings. The lowest BCUT2D eigenvalue weighted by Crippen LogP contribution is -2.41. The highest BCUT2D eigenvalue weighted by atomic mass is 16.2. The Kier molecular flexibility index (Phi) is 6.19. The van der Waals surface area contributed by atoms with Crippen molar-refractivity contribution >= 4 is 11.6 Å². The molecule has 166 valence electrons. The first-order valence-corrected chi connectivity index (χ1v) is 11.9. The van der Waals surface area contributed by atoms with Crippen LogP contribution in [0.25, 0.3) is 11.4 Å². The van der Waals surface area contributed by atoms with Crippen LogP contribution in [0, 0.1) is 0 Å². The van der Waals surface area contributed by atoms with E-state index in [0.29, 0.717) is 0 Å².